The minimum Gasteiger partial charge on any atom is -0.497 e. The van der Waals surface area contributed by atoms with Gasteiger partial charge in [0, 0.05) is 39.3 Å². The van der Waals surface area contributed by atoms with E-state index < -0.39 is 9.84 Å². The summed E-state index contributed by atoms with van der Waals surface area (Å²) in [7, 11) is -1.31. The first-order chi connectivity index (χ1) is 15.3. The van der Waals surface area contributed by atoms with E-state index in [2.05, 4.69) is 0 Å². The van der Waals surface area contributed by atoms with Gasteiger partial charge in [0.1, 0.15) is 5.75 Å². The molecule has 3 heterocycles. The summed E-state index contributed by atoms with van der Waals surface area (Å²) >= 11 is 0. The summed E-state index contributed by atoms with van der Waals surface area (Å²) in [5.41, 5.74) is 1.06. The van der Waals surface area contributed by atoms with E-state index in [0.717, 1.165) is 56.8 Å². The Bertz CT molecular complexity index is 942. The van der Waals surface area contributed by atoms with Crippen LogP contribution < -0.4 is 4.74 Å². The molecular weight excluding hydrogens is 430 g/mol. The molecule has 3 saturated heterocycles. The Labute approximate surface area is 190 Å². The summed E-state index contributed by atoms with van der Waals surface area (Å²) in [5.74, 6) is 1.28. The minimum absolute atomic E-state index is 0.0951. The van der Waals surface area contributed by atoms with E-state index >= 15 is 0 Å². The third-order valence-corrected chi connectivity index (χ3v) is 8.86. The van der Waals surface area contributed by atoms with Crippen molar-refractivity contribution in [3.05, 3.63) is 29.8 Å². The number of benzene rings is 1. The highest BCUT2D eigenvalue weighted by atomic mass is 32.2. The number of piperidine rings is 1. The van der Waals surface area contributed by atoms with Crippen LogP contribution in [0.25, 0.3) is 0 Å². The van der Waals surface area contributed by atoms with E-state index in [1.165, 1.54) is 0 Å². The van der Waals surface area contributed by atoms with Crippen LogP contribution in [0.2, 0.25) is 0 Å². The molecule has 1 aromatic carbocycles. The summed E-state index contributed by atoms with van der Waals surface area (Å²) in [4.78, 5) is 31.4. The van der Waals surface area contributed by atoms with Crippen LogP contribution in [0.15, 0.2) is 24.3 Å². The standard InChI is InChI=1S/C23H33N3O5S/c1-31-20-4-2-3-19(15-20)16-21(27)25-8-5-23(6-9-25)7-10-26(18-23)22(28)17-24-11-13-32(29,30)14-12-24/h2-4,15H,5-14,16-18H2,1H3. The van der Waals surface area contributed by atoms with Gasteiger partial charge in [-0.2, -0.15) is 0 Å². The molecule has 9 heteroatoms. The number of hydrogen-bond donors (Lipinski definition) is 0. The van der Waals surface area contributed by atoms with E-state index in [1.807, 2.05) is 39.0 Å². The number of nitrogens with zero attached hydrogens (tertiary/aromatic N) is 3. The normalized spacial score (nSPS) is 22.8. The fraction of sp³-hybridized carbons (Fsp3) is 0.652. The molecule has 176 valence electrons. The van der Waals surface area contributed by atoms with Gasteiger partial charge in [-0.25, -0.2) is 8.42 Å². The molecule has 8 nitrogen and oxygen atoms in total. The van der Waals surface area contributed by atoms with Crippen molar-refractivity contribution in [3.8, 4) is 5.75 Å². The number of likely N-dealkylation sites (tertiary alicyclic amines) is 2. The third-order valence-electron chi connectivity index (χ3n) is 7.25. The van der Waals surface area contributed by atoms with Crippen LogP contribution in [0.3, 0.4) is 0 Å². The fourth-order valence-electron chi connectivity index (χ4n) is 5.06. The number of methoxy groups -OCH3 is 1. The van der Waals surface area contributed by atoms with Crippen molar-refractivity contribution in [1.29, 1.82) is 0 Å². The van der Waals surface area contributed by atoms with Crippen molar-refractivity contribution in [1.82, 2.24) is 14.7 Å². The van der Waals surface area contributed by atoms with Crippen molar-refractivity contribution in [2.75, 3.05) is 64.4 Å². The van der Waals surface area contributed by atoms with Crippen molar-refractivity contribution < 1.29 is 22.7 Å². The lowest BCUT2D eigenvalue weighted by Gasteiger charge is -2.39. The van der Waals surface area contributed by atoms with Crippen LogP contribution in [-0.4, -0.2) is 99.4 Å². The molecule has 1 aromatic rings. The molecule has 0 unspecified atom stereocenters. The van der Waals surface area contributed by atoms with Gasteiger partial charge in [-0.15, -0.1) is 0 Å². The van der Waals surface area contributed by atoms with E-state index in [1.54, 1.807) is 7.11 Å². The van der Waals surface area contributed by atoms with Gasteiger partial charge < -0.3 is 14.5 Å². The minimum atomic E-state index is -2.93. The van der Waals surface area contributed by atoms with Gasteiger partial charge in [0.2, 0.25) is 11.8 Å². The average molecular weight is 464 g/mol. The summed E-state index contributed by atoms with van der Waals surface area (Å²) in [6, 6.07) is 7.63. The number of carbonyl (C=O) groups excluding carboxylic acids is 2. The number of rotatable bonds is 5. The third kappa shape index (κ3) is 5.43. The first-order valence-electron chi connectivity index (χ1n) is 11.4. The van der Waals surface area contributed by atoms with Crippen LogP contribution in [0.1, 0.15) is 24.8 Å². The molecule has 0 aliphatic carbocycles. The van der Waals surface area contributed by atoms with Crippen LogP contribution in [0.4, 0.5) is 0 Å². The maximum Gasteiger partial charge on any atom is 0.236 e. The molecular formula is C23H33N3O5S. The largest absolute Gasteiger partial charge is 0.497 e. The van der Waals surface area contributed by atoms with Gasteiger partial charge in [0.05, 0.1) is 31.6 Å². The SMILES string of the molecule is COc1cccc(CC(=O)N2CCC3(CC2)CCN(C(=O)CN2CCS(=O)(=O)CC2)C3)c1. The summed E-state index contributed by atoms with van der Waals surface area (Å²) in [5, 5.41) is 0. The van der Waals surface area contributed by atoms with Crippen molar-refractivity contribution in [2.24, 2.45) is 5.41 Å². The van der Waals surface area contributed by atoms with Crippen LogP contribution >= 0.6 is 0 Å². The summed E-state index contributed by atoms with van der Waals surface area (Å²) < 4.78 is 28.4. The molecule has 2 amide bonds. The highest BCUT2D eigenvalue weighted by molar-refractivity contribution is 7.91. The van der Waals surface area contributed by atoms with Crippen molar-refractivity contribution in [3.63, 3.8) is 0 Å². The second kappa shape index (κ2) is 9.39. The second-order valence-electron chi connectivity index (χ2n) is 9.40. The molecule has 0 saturated carbocycles. The lowest BCUT2D eigenvalue weighted by molar-refractivity contribution is -0.134. The van der Waals surface area contributed by atoms with Crippen LogP contribution in [-0.2, 0) is 25.8 Å². The van der Waals surface area contributed by atoms with Gasteiger partial charge in [0.25, 0.3) is 0 Å². The smallest absolute Gasteiger partial charge is 0.236 e. The fourth-order valence-corrected chi connectivity index (χ4v) is 6.33. The predicted molar refractivity (Wildman–Crippen MR) is 121 cm³/mol. The molecule has 1 spiro atoms. The van der Waals surface area contributed by atoms with E-state index in [9.17, 15) is 18.0 Å². The monoisotopic (exact) mass is 463 g/mol. The Kier molecular flexibility index (Phi) is 6.76. The molecule has 0 radical (unpaired) electrons. The van der Waals surface area contributed by atoms with E-state index in [-0.39, 0.29) is 28.7 Å². The first kappa shape index (κ1) is 23.0. The topological polar surface area (TPSA) is 87.2 Å². The zero-order valence-electron chi connectivity index (χ0n) is 18.8. The highest BCUT2D eigenvalue weighted by Gasteiger charge is 2.42. The van der Waals surface area contributed by atoms with Crippen LogP contribution in [0, 0.1) is 5.41 Å². The molecule has 0 N–H and O–H groups in total. The van der Waals surface area contributed by atoms with Gasteiger partial charge in [-0.05, 0) is 42.4 Å². The highest BCUT2D eigenvalue weighted by Crippen LogP contribution is 2.40. The van der Waals surface area contributed by atoms with Crippen LogP contribution in [0.5, 0.6) is 5.75 Å². The Morgan fingerprint density at radius 1 is 0.969 bits per heavy atom. The number of amides is 2. The predicted octanol–water partition coefficient (Wildman–Crippen LogP) is 0.809. The molecule has 3 aliphatic heterocycles. The lowest BCUT2D eigenvalue weighted by Crippen LogP contribution is -2.47. The molecule has 3 fully saturated rings. The van der Waals surface area contributed by atoms with Crippen molar-refractivity contribution >= 4 is 21.7 Å². The van der Waals surface area contributed by atoms with E-state index in [4.69, 9.17) is 4.74 Å². The Morgan fingerprint density at radius 3 is 2.28 bits per heavy atom. The van der Waals surface area contributed by atoms with Gasteiger partial charge in [-0.1, -0.05) is 12.1 Å². The van der Waals surface area contributed by atoms with Gasteiger partial charge in [0.15, 0.2) is 9.84 Å². The molecule has 0 aromatic heterocycles. The Balaban J connectivity index is 1.24. The van der Waals surface area contributed by atoms with Gasteiger partial charge in [-0.3, -0.25) is 14.5 Å². The average Bonchev–Trinajstić information content (AvgIpc) is 3.19. The molecule has 0 bridgehead atoms. The maximum atomic E-state index is 12.8. The second-order valence-corrected chi connectivity index (χ2v) is 11.7. The number of hydrogen-bond acceptors (Lipinski definition) is 6. The first-order valence-corrected chi connectivity index (χ1v) is 13.2. The summed E-state index contributed by atoms with van der Waals surface area (Å²) in [6.07, 6.45) is 3.19. The molecule has 32 heavy (non-hydrogen) atoms. The quantitative estimate of drug-likeness (QED) is 0.642. The number of carbonyl (C=O) groups is 2. The molecule has 3 aliphatic rings. The summed E-state index contributed by atoms with van der Waals surface area (Å²) in [6.45, 7) is 4.15. The maximum absolute atomic E-state index is 12.8. The van der Waals surface area contributed by atoms with Crippen molar-refractivity contribution in [2.45, 2.75) is 25.7 Å². The van der Waals surface area contributed by atoms with Gasteiger partial charge >= 0.3 is 0 Å². The molecule has 0 atom stereocenters. The Hall–Kier alpha value is -2.13. The number of ether oxygens (including phenoxy) is 1. The Morgan fingerprint density at radius 2 is 1.62 bits per heavy atom. The number of sulfone groups is 1. The zero-order valence-corrected chi connectivity index (χ0v) is 19.6. The zero-order chi connectivity index (χ0) is 22.8. The van der Waals surface area contributed by atoms with E-state index in [0.29, 0.717) is 26.1 Å². The molecule has 4 rings (SSSR count). The lowest BCUT2D eigenvalue weighted by atomic mass is 9.77.